The van der Waals surface area contributed by atoms with Crippen LogP contribution in [0.25, 0.3) is 0 Å². The molecule has 0 unspecified atom stereocenters. The number of ether oxygens (including phenoxy) is 1. The number of piperidine rings is 1. The lowest BCUT2D eigenvalue weighted by Crippen LogP contribution is -2.44. The fourth-order valence-electron chi connectivity index (χ4n) is 2.75. The summed E-state index contributed by atoms with van der Waals surface area (Å²) in [5.41, 5.74) is 0.524. The van der Waals surface area contributed by atoms with Crippen molar-refractivity contribution in [1.82, 2.24) is 5.32 Å². The quantitative estimate of drug-likeness (QED) is 0.869. The van der Waals surface area contributed by atoms with Gasteiger partial charge in [0, 0.05) is 0 Å². The molecule has 4 heteroatoms. The molecule has 0 spiro atoms. The average Bonchev–Trinajstić information content (AvgIpc) is 2.50. The van der Waals surface area contributed by atoms with Crippen molar-refractivity contribution in [3.63, 3.8) is 0 Å². The Morgan fingerprint density at radius 1 is 1.30 bits per heavy atom. The molecule has 20 heavy (non-hydrogen) atoms. The maximum atomic E-state index is 12.7. The molecule has 1 amide bonds. The number of benzene rings is 1. The molecule has 0 bridgehead atoms. The van der Waals surface area contributed by atoms with Crippen LogP contribution in [0.5, 0.6) is 5.75 Å². The second kappa shape index (κ2) is 6.75. The molecule has 1 aromatic carbocycles. The maximum absolute atomic E-state index is 12.7. The number of carbonyl (C=O) groups is 1. The molecule has 2 N–H and O–H groups in total. The molecule has 1 aromatic rings. The van der Waals surface area contributed by atoms with Crippen LogP contribution in [-0.4, -0.2) is 25.6 Å². The molecule has 1 heterocycles. The standard InChI is InChI=1S/C16H24N2O2/c1-3-16(9-11-17-12-10-16)15(19)18-13-7-5-6-8-14(13)20-4-2/h5-8,17H,3-4,9-12H2,1-2H3,(H,18,19). The van der Waals surface area contributed by atoms with Crippen molar-refractivity contribution < 1.29 is 9.53 Å². The number of nitrogens with one attached hydrogen (secondary N) is 2. The largest absolute Gasteiger partial charge is 0.492 e. The SMILES string of the molecule is CCOc1ccccc1NC(=O)C1(CC)CCNCC1. The minimum absolute atomic E-state index is 0.119. The molecule has 1 aliphatic heterocycles. The molecular weight excluding hydrogens is 252 g/mol. The predicted octanol–water partition coefficient (Wildman–Crippen LogP) is 2.80. The van der Waals surface area contributed by atoms with Gasteiger partial charge in [0.05, 0.1) is 17.7 Å². The second-order valence-electron chi connectivity index (χ2n) is 5.27. The molecule has 1 saturated heterocycles. The monoisotopic (exact) mass is 276 g/mol. The Morgan fingerprint density at radius 3 is 2.65 bits per heavy atom. The molecule has 0 atom stereocenters. The molecule has 1 fully saturated rings. The third-order valence-electron chi connectivity index (χ3n) is 4.15. The van der Waals surface area contributed by atoms with Crippen molar-refractivity contribution >= 4 is 11.6 Å². The molecular formula is C16H24N2O2. The van der Waals surface area contributed by atoms with Crippen LogP contribution in [0.2, 0.25) is 0 Å². The van der Waals surface area contributed by atoms with Crippen molar-refractivity contribution in [2.24, 2.45) is 5.41 Å². The van der Waals surface area contributed by atoms with Crippen molar-refractivity contribution in [3.8, 4) is 5.75 Å². The first-order valence-corrected chi connectivity index (χ1v) is 7.46. The number of para-hydroxylation sites is 2. The van der Waals surface area contributed by atoms with Crippen LogP contribution < -0.4 is 15.4 Å². The van der Waals surface area contributed by atoms with Crippen LogP contribution in [0, 0.1) is 5.41 Å². The van der Waals surface area contributed by atoms with Gasteiger partial charge < -0.3 is 15.4 Å². The van der Waals surface area contributed by atoms with E-state index < -0.39 is 0 Å². The lowest BCUT2D eigenvalue weighted by molar-refractivity contribution is -0.127. The van der Waals surface area contributed by atoms with Crippen molar-refractivity contribution in [3.05, 3.63) is 24.3 Å². The molecule has 0 aromatic heterocycles. The summed E-state index contributed by atoms with van der Waals surface area (Å²) >= 11 is 0. The number of hydrogen-bond acceptors (Lipinski definition) is 3. The highest BCUT2D eigenvalue weighted by atomic mass is 16.5. The number of carbonyl (C=O) groups excluding carboxylic acids is 1. The van der Waals surface area contributed by atoms with Gasteiger partial charge in [-0.25, -0.2) is 0 Å². The fourth-order valence-corrected chi connectivity index (χ4v) is 2.75. The summed E-state index contributed by atoms with van der Waals surface area (Å²) in [6.45, 7) is 6.46. The zero-order valence-corrected chi connectivity index (χ0v) is 12.4. The highest BCUT2D eigenvalue weighted by molar-refractivity contribution is 5.96. The van der Waals surface area contributed by atoms with E-state index in [1.807, 2.05) is 31.2 Å². The van der Waals surface area contributed by atoms with Crippen LogP contribution in [0.15, 0.2) is 24.3 Å². The predicted molar refractivity (Wildman–Crippen MR) is 81.1 cm³/mol. The summed E-state index contributed by atoms with van der Waals surface area (Å²) in [5.74, 6) is 0.859. The van der Waals surface area contributed by atoms with E-state index in [9.17, 15) is 4.79 Å². The van der Waals surface area contributed by atoms with Gasteiger partial charge in [0.2, 0.25) is 5.91 Å². The van der Waals surface area contributed by atoms with Crippen LogP contribution in [0.3, 0.4) is 0 Å². The van der Waals surface area contributed by atoms with Crippen LogP contribution in [0.4, 0.5) is 5.69 Å². The van der Waals surface area contributed by atoms with Crippen LogP contribution in [-0.2, 0) is 4.79 Å². The van der Waals surface area contributed by atoms with Gasteiger partial charge in [-0.1, -0.05) is 19.1 Å². The molecule has 2 rings (SSSR count). The van der Waals surface area contributed by atoms with E-state index in [0.29, 0.717) is 6.61 Å². The van der Waals surface area contributed by atoms with Crippen molar-refractivity contribution in [2.75, 3.05) is 25.0 Å². The normalized spacial score (nSPS) is 17.5. The number of hydrogen-bond donors (Lipinski definition) is 2. The number of rotatable bonds is 5. The molecule has 0 radical (unpaired) electrons. The Bertz CT molecular complexity index is 454. The van der Waals surface area contributed by atoms with Crippen LogP contribution >= 0.6 is 0 Å². The van der Waals surface area contributed by atoms with Gasteiger partial charge in [0.25, 0.3) is 0 Å². The summed E-state index contributed by atoms with van der Waals surface area (Å²) in [5, 5.41) is 6.38. The smallest absolute Gasteiger partial charge is 0.230 e. The molecule has 0 saturated carbocycles. The summed E-state index contributed by atoms with van der Waals surface area (Å²) in [6.07, 6.45) is 2.66. The average molecular weight is 276 g/mol. The third-order valence-corrected chi connectivity index (χ3v) is 4.15. The summed E-state index contributed by atoms with van der Waals surface area (Å²) in [7, 11) is 0. The zero-order valence-electron chi connectivity index (χ0n) is 12.4. The lowest BCUT2D eigenvalue weighted by Gasteiger charge is -2.35. The van der Waals surface area contributed by atoms with Gasteiger partial charge in [0.15, 0.2) is 0 Å². The summed E-state index contributed by atoms with van der Waals surface area (Å²) in [6, 6.07) is 7.62. The van der Waals surface area contributed by atoms with E-state index in [2.05, 4.69) is 17.6 Å². The minimum Gasteiger partial charge on any atom is -0.492 e. The van der Waals surface area contributed by atoms with Gasteiger partial charge in [0.1, 0.15) is 5.75 Å². The molecule has 4 nitrogen and oxygen atoms in total. The van der Waals surface area contributed by atoms with Gasteiger partial charge in [-0.2, -0.15) is 0 Å². The first-order valence-electron chi connectivity index (χ1n) is 7.46. The summed E-state index contributed by atoms with van der Waals surface area (Å²) < 4.78 is 5.56. The highest BCUT2D eigenvalue weighted by Crippen LogP contribution is 2.35. The second-order valence-corrected chi connectivity index (χ2v) is 5.27. The van der Waals surface area contributed by atoms with Gasteiger partial charge >= 0.3 is 0 Å². The Balaban J connectivity index is 2.14. The van der Waals surface area contributed by atoms with E-state index in [4.69, 9.17) is 4.74 Å². The first-order chi connectivity index (χ1) is 9.72. The maximum Gasteiger partial charge on any atom is 0.230 e. The molecule has 1 aliphatic rings. The van der Waals surface area contributed by atoms with Crippen molar-refractivity contribution in [1.29, 1.82) is 0 Å². The minimum atomic E-state index is -0.245. The summed E-state index contributed by atoms with van der Waals surface area (Å²) in [4.78, 5) is 12.7. The highest BCUT2D eigenvalue weighted by Gasteiger charge is 2.37. The number of anilines is 1. The number of amides is 1. The van der Waals surface area contributed by atoms with Gasteiger partial charge in [-0.3, -0.25) is 4.79 Å². The lowest BCUT2D eigenvalue weighted by atomic mass is 9.76. The van der Waals surface area contributed by atoms with E-state index >= 15 is 0 Å². The Labute approximate surface area is 120 Å². The fraction of sp³-hybridized carbons (Fsp3) is 0.562. The van der Waals surface area contributed by atoms with Gasteiger partial charge in [-0.15, -0.1) is 0 Å². The molecule has 110 valence electrons. The Kier molecular flexibility index (Phi) is 5.01. The van der Waals surface area contributed by atoms with Gasteiger partial charge in [-0.05, 0) is 51.4 Å². The first kappa shape index (κ1) is 14.9. The Hall–Kier alpha value is -1.55. The van der Waals surface area contributed by atoms with E-state index in [1.165, 1.54) is 0 Å². The van der Waals surface area contributed by atoms with Crippen molar-refractivity contribution in [2.45, 2.75) is 33.1 Å². The van der Waals surface area contributed by atoms with E-state index in [0.717, 1.165) is 43.8 Å². The van der Waals surface area contributed by atoms with E-state index in [1.54, 1.807) is 0 Å². The zero-order chi connectivity index (χ0) is 14.4. The third kappa shape index (κ3) is 3.12. The molecule has 0 aliphatic carbocycles. The van der Waals surface area contributed by atoms with Crippen LogP contribution in [0.1, 0.15) is 33.1 Å². The van der Waals surface area contributed by atoms with E-state index in [-0.39, 0.29) is 11.3 Å². The Morgan fingerprint density at radius 2 is 2.00 bits per heavy atom. The topological polar surface area (TPSA) is 50.4 Å².